The molecule has 106 valence electrons. The molecule has 1 unspecified atom stereocenters. The number of urea groups is 1. The molecule has 20 heavy (non-hydrogen) atoms. The lowest BCUT2D eigenvalue weighted by Crippen LogP contribution is -2.46. The van der Waals surface area contributed by atoms with Crippen molar-refractivity contribution < 1.29 is 14.0 Å². The second-order valence-electron chi connectivity index (χ2n) is 4.94. The van der Waals surface area contributed by atoms with Crippen LogP contribution in [0.4, 0.5) is 9.18 Å². The summed E-state index contributed by atoms with van der Waals surface area (Å²) in [5, 5.41) is 2.77. The second-order valence-corrected chi connectivity index (χ2v) is 6.96. The molecule has 0 saturated carbocycles. The molecular formula is C13H12BrFN2O2S. The van der Waals surface area contributed by atoms with E-state index in [9.17, 15) is 14.0 Å². The topological polar surface area (TPSA) is 49.4 Å². The highest BCUT2D eigenvalue weighted by Gasteiger charge is 2.52. The van der Waals surface area contributed by atoms with Crippen molar-refractivity contribution in [1.82, 2.24) is 10.2 Å². The van der Waals surface area contributed by atoms with E-state index in [-0.39, 0.29) is 12.5 Å². The maximum atomic E-state index is 13.8. The van der Waals surface area contributed by atoms with Crippen LogP contribution in [0.2, 0.25) is 0 Å². The number of thioether (sulfide) groups is 1. The first-order valence-electron chi connectivity index (χ1n) is 6.18. The Morgan fingerprint density at radius 1 is 1.45 bits per heavy atom. The number of nitrogens with zero attached hydrogens (tertiary/aromatic N) is 1. The van der Waals surface area contributed by atoms with Crippen LogP contribution in [0.3, 0.4) is 0 Å². The summed E-state index contributed by atoms with van der Waals surface area (Å²) >= 11 is 4.83. The van der Waals surface area contributed by atoms with E-state index in [4.69, 9.17) is 0 Å². The summed E-state index contributed by atoms with van der Waals surface area (Å²) in [5.74, 6) is 0.778. The lowest BCUT2D eigenvalue weighted by molar-refractivity contribution is -0.130. The van der Waals surface area contributed by atoms with E-state index in [1.165, 1.54) is 6.07 Å². The average molecular weight is 359 g/mol. The summed E-state index contributed by atoms with van der Waals surface area (Å²) in [6.07, 6.45) is 0.640. The van der Waals surface area contributed by atoms with Gasteiger partial charge >= 0.3 is 6.03 Å². The molecule has 1 aromatic rings. The molecule has 1 N–H and O–H groups in total. The van der Waals surface area contributed by atoms with Gasteiger partial charge < -0.3 is 5.32 Å². The van der Waals surface area contributed by atoms with E-state index in [0.717, 1.165) is 10.7 Å². The second kappa shape index (κ2) is 5.04. The molecule has 2 aliphatic rings. The fraction of sp³-hybridized carbons (Fsp3) is 0.385. The summed E-state index contributed by atoms with van der Waals surface area (Å²) < 4.78 is 14.4. The Bertz CT molecular complexity index is 590. The van der Waals surface area contributed by atoms with Crippen LogP contribution in [-0.4, -0.2) is 33.9 Å². The monoisotopic (exact) mass is 358 g/mol. The van der Waals surface area contributed by atoms with Crippen molar-refractivity contribution in [2.45, 2.75) is 18.5 Å². The van der Waals surface area contributed by atoms with Gasteiger partial charge in [-0.25, -0.2) is 9.18 Å². The highest BCUT2D eigenvalue weighted by Crippen LogP contribution is 2.34. The Hall–Kier alpha value is -1.08. The molecule has 2 heterocycles. The predicted molar refractivity (Wildman–Crippen MR) is 77.9 cm³/mol. The summed E-state index contributed by atoms with van der Waals surface area (Å²) in [5.41, 5.74) is -0.437. The molecule has 1 spiro atoms. The van der Waals surface area contributed by atoms with Gasteiger partial charge in [0.2, 0.25) is 0 Å². The third-order valence-electron chi connectivity index (χ3n) is 3.61. The van der Waals surface area contributed by atoms with Crippen molar-refractivity contribution >= 4 is 39.6 Å². The Morgan fingerprint density at radius 2 is 2.25 bits per heavy atom. The Kier molecular flexibility index (Phi) is 3.50. The lowest BCUT2D eigenvalue weighted by Gasteiger charge is -2.19. The minimum Gasteiger partial charge on any atom is -0.322 e. The summed E-state index contributed by atoms with van der Waals surface area (Å²) in [6, 6.07) is 4.17. The van der Waals surface area contributed by atoms with Crippen LogP contribution in [-0.2, 0) is 11.3 Å². The molecule has 2 aliphatic heterocycles. The molecule has 2 fully saturated rings. The van der Waals surface area contributed by atoms with Crippen LogP contribution in [0.15, 0.2) is 22.7 Å². The molecule has 7 heteroatoms. The van der Waals surface area contributed by atoms with Gasteiger partial charge in [-0.1, -0.05) is 22.0 Å². The summed E-state index contributed by atoms with van der Waals surface area (Å²) in [7, 11) is 0. The molecule has 4 nitrogen and oxygen atoms in total. The number of nitrogens with one attached hydrogen (secondary N) is 1. The van der Waals surface area contributed by atoms with Gasteiger partial charge in [0.25, 0.3) is 5.91 Å². The van der Waals surface area contributed by atoms with E-state index >= 15 is 0 Å². The van der Waals surface area contributed by atoms with Gasteiger partial charge in [0.15, 0.2) is 0 Å². The van der Waals surface area contributed by atoms with Crippen LogP contribution in [0.5, 0.6) is 0 Å². The molecule has 0 aromatic heterocycles. The van der Waals surface area contributed by atoms with E-state index in [0.29, 0.717) is 22.2 Å². The van der Waals surface area contributed by atoms with Gasteiger partial charge in [0.1, 0.15) is 11.4 Å². The van der Waals surface area contributed by atoms with Crippen LogP contribution < -0.4 is 5.32 Å². The third-order valence-corrected chi connectivity index (χ3v) is 5.29. The quantitative estimate of drug-likeness (QED) is 0.826. The number of amides is 3. The first-order chi connectivity index (χ1) is 9.52. The Labute approximate surface area is 128 Å². The minimum atomic E-state index is -0.770. The summed E-state index contributed by atoms with van der Waals surface area (Å²) in [4.78, 5) is 25.5. The zero-order valence-electron chi connectivity index (χ0n) is 10.5. The standard InChI is InChI=1S/C13H12BrFN2O2S/c14-9-2-1-8(10(15)5-9)6-17-11(18)13(16-12(17)19)3-4-20-7-13/h1-2,5H,3-4,6-7H2,(H,16,19). The molecule has 3 amide bonds. The molecule has 1 aromatic carbocycles. The fourth-order valence-corrected chi connectivity index (χ4v) is 4.13. The van der Waals surface area contributed by atoms with Crippen LogP contribution >= 0.6 is 27.7 Å². The molecular weight excluding hydrogens is 347 g/mol. The van der Waals surface area contributed by atoms with E-state index < -0.39 is 17.4 Å². The average Bonchev–Trinajstić information content (AvgIpc) is 2.94. The molecule has 0 bridgehead atoms. The number of hydrogen-bond donors (Lipinski definition) is 1. The predicted octanol–water partition coefficient (Wildman–Crippen LogP) is 2.52. The number of imide groups is 1. The normalized spacial score (nSPS) is 25.6. The zero-order valence-corrected chi connectivity index (χ0v) is 12.9. The number of benzene rings is 1. The SMILES string of the molecule is O=C1NC2(CCSC2)C(=O)N1Cc1ccc(Br)cc1F. The van der Waals surface area contributed by atoms with Crippen molar-refractivity contribution in [3.63, 3.8) is 0 Å². The number of carbonyl (C=O) groups is 2. The van der Waals surface area contributed by atoms with Gasteiger partial charge in [-0.2, -0.15) is 11.8 Å². The largest absolute Gasteiger partial charge is 0.325 e. The van der Waals surface area contributed by atoms with Crippen molar-refractivity contribution in [2.75, 3.05) is 11.5 Å². The minimum absolute atomic E-state index is 0.0316. The first-order valence-corrected chi connectivity index (χ1v) is 8.12. The van der Waals surface area contributed by atoms with E-state index in [1.807, 2.05) is 0 Å². The Balaban J connectivity index is 1.84. The van der Waals surface area contributed by atoms with Gasteiger partial charge in [0.05, 0.1) is 6.54 Å². The molecule has 1 atom stereocenters. The number of halogens is 2. The number of hydrogen-bond acceptors (Lipinski definition) is 3. The van der Waals surface area contributed by atoms with Gasteiger partial charge in [-0.05, 0) is 24.3 Å². The van der Waals surface area contributed by atoms with E-state index in [2.05, 4.69) is 21.2 Å². The molecule has 0 radical (unpaired) electrons. The highest BCUT2D eigenvalue weighted by atomic mass is 79.9. The maximum absolute atomic E-state index is 13.8. The van der Waals surface area contributed by atoms with Crippen molar-refractivity contribution in [1.29, 1.82) is 0 Å². The van der Waals surface area contributed by atoms with Crippen molar-refractivity contribution in [3.8, 4) is 0 Å². The smallest absolute Gasteiger partial charge is 0.322 e. The highest BCUT2D eigenvalue weighted by molar-refractivity contribution is 9.10. The molecule has 3 rings (SSSR count). The lowest BCUT2D eigenvalue weighted by atomic mass is 9.99. The molecule has 2 saturated heterocycles. The zero-order chi connectivity index (χ0) is 14.3. The van der Waals surface area contributed by atoms with Crippen LogP contribution in [0.25, 0.3) is 0 Å². The van der Waals surface area contributed by atoms with E-state index in [1.54, 1.807) is 23.9 Å². The first kappa shape index (κ1) is 13.9. The van der Waals surface area contributed by atoms with Crippen LogP contribution in [0, 0.1) is 5.82 Å². The van der Waals surface area contributed by atoms with Crippen molar-refractivity contribution in [2.24, 2.45) is 0 Å². The molecule has 0 aliphatic carbocycles. The van der Waals surface area contributed by atoms with Gasteiger partial charge in [-0.3, -0.25) is 9.69 Å². The van der Waals surface area contributed by atoms with Gasteiger partial charge in [-0.15, -0.1) is 0 Å². The summed E-state index contributed by atoms with van der Waals surface area (Å²) in [6.45, 7) is -0.0316. The van der Waals surface area contributed by atoms with Gasteiger partial charge in [0, 0.05) is 15.8 Å². The number of rotatable bonds is 2. The van der Waals surface area contributed by atoms with Crippen LogP contribution in [0.1, 0.15) is 12.0 Å². The Morgan fingerprint density at radius 3 is 2.90 bits per heavy atom. The third kappa shape index (κ3) is 2.22. The maximum Gasteiger partial charge on any atom is 0.325 e. The van der Waals surface area contributed by atoms with Crippen molar-refractivity contribution in [3.05, 3.63) is 34.1 Å². The fourth-order valence-electron chi connectivity index (χ4n) is 2.47. The number of carbonyl (C=O) groups excluding carboxylic acids is 2.